The summed E-state index contributed by atoms with van der Waals surface area (Å²) in [5.41, 5.74) is 1.13. The summed E-state index contributed by atoms with van der Waals surface area (Å²) in [5, 5.41) is 29.5. The lowest BCUT2D eigenvalue weighted by Crippen LogP contribution is -2.34. The first-order valence-electron chi connectivity index (χ1n) is 10.1. The summed E-state index contributed by atoms with van der Waals surface area (Å²) in [6.45, 7) is 0.675. The van der Waals surface area contributed by atoms with E-state index in [4.69, 9.17) is 10.4 Å². The van der Waals surface area contributed by atoms with Crippen LogP contribution in [0.4, 0.5) is 8.78 Å². The summed E-state index contributed by atoms with van der Waals surface area (Å²) in [7, 11) is 2.96. The van der Waals surface area contributed by atoms with Crippen LogP contribution in [0.1, 0.15) is 11.1 Å². The minimum absolute atomic E-state index is 0.0739. The Balaban J connectivity index is 1.58. The molecular formula is C22H24F2N4O4S2. The fourth-order valence-corrected chi connectivity index (χ4v) is 4.46. The molecule has 182 valence electrons. The molecule has 0 bridgehead atoms. The Morgan fingerprint density at radius 2 is 1.06 bits per heavy atom. The number of amides is 2. The number of nitrogens with zero attached hydrogens (tertiary/aromatic N) is 2. The van der Waals surface area contributed by atoms with E-state index in [-0.39, 0.29) is 24.3 Å². The van der Waals surface area contributed by atoms with Gasteiger partial charge in [-0.25, -0.2) is 8.78 Å². The third-order valence-electron chi connectivity index (χ3n) is 4.36. The van der Waals surface area contributed by atoms with Crippen LogP contribution in [-0.4, -0.2) is 58.2 Å². The molecule has 2 rings (SSSR count). The fourth-order valence-electron chi connectivity index (χ4n) is 2.65. The van der Waals surface area contributed by atoms with Crippen molar-refractivity contribution < 1.29 is 28.8 Å². The van der Waals surface area contributed by atoms with Crippen molar-refractivity contribution in [3.63, 3.8) is 0 Å². The Morgan fingerprint density at radius 1 is 0.706 bits per heavy atom. The number of oxime groups is 2. The summed E-state index contributed by atoms with van der Waals surface area (Å²) in [6, 6.07) is 11.1. The van der Waals surface area contributed by atoms with Gasteiger partial charge in [-0.15, -0.1) is 0 Å². The van der Waals surface area contributed by atoms with Gasteiger partial charge in [0.05, 0.1) is 0 Å². The maximum absolute atomic E-state index is 13.0. The van der Waals surface area contributed by atoms with Gasteiger partial charge in [0.15, 0.2) is 0 Å². The van der Waals surface area contributed by atoms with E-state index in [0.717, 1.165) is 0 Å². The quantitative estimate of drug-likeness (QED) is 0.108. The predicted octanol–water partition coefficient (Wildman–Crippen LogP) is 3.02. The molecular weight excluding hydrogens is 486 g/mol. The van der Waals surface area contributed by atoms with Crippen molar-refractivity contribution in [3.05, 3.63) is 71.3 Å². The standard InChI is InChI=1S/C22H24F2N4O4S2/c23-17-5-1-15(2-6-17)13-19(27-31)21(29)25-9-11-33-34-12-10-26-22(30)20(28-32)14-16-3-7-18(24)8-4-16/h1-8,31-32H,9-14H2,(H,25,29)(H,26,30)/b27-19+,28-20+. The molecule has 0 aliphatic heterocycles. The smallest absolute Gasteiger partial charge is 0.269 e. The lowest BCUT2D eigenvalue weighted by Gasteiger charge is -2.08. The molecule has 2 aromatic rings. The van der Waals surface area contributed by atoms with E-state index in [9.17, 15) is 18.4 Å². The monoisotopic (exact) mass is 510 g/mol. The Labute approximate surface area is 203 Å². The number of nitrogens with one attached hydrogen (secondary N) is 2. The number of halogens is 2. The van der Waals surface area contributed by atoms with Crippen LogP contribution in [0, 0.1) is 11.6 Å². The van der Waals surface area contributed by atoms with Gasteiger partial charge < -0.3 is 21.0 Å². The highest BCUT2D eigenvalue weighted by molar-refractivity contribution is 8.76. The van der Waals surface area contributed by atoms with Crippen LogP contribution < -0.4 is 10.6 Å². The van der Waals surface area contributed by atoms with Crippen molar-refractivity contribution in [2.24, 2.45) is 10.3 Å². The largest absolute Gasteiger partial charge is 0.410 e. The molecule has 4 N–H and O–H groups in total. The Hall–Kier alpha value is -3.12. The molecule has 0 aliphatic carbocycles. The molecule has 8 nitrogen and oxygen atoms in total. The minimum Gasteiger partial charge on any atom is -0.410 e. The number of rotatable bonds is 13. The van der Waals surface area contributed by atoms with Crippen molar-refractivity contribution >= 4 is 44.8 Å². The van der Waals surface area contributed by atoms with Gasteiger partial charge in [-0.3, -0.25) is 9.59 Å². The third kappa shape index (κ3) is 9.79. The second-order valence-corrected chi connectivity index (χ2v) is 9.56. The van der Waals surface area contributed by atoms with E-state index >= 15 is 0 Å². The minimum atomic E-state index is -0.512. The average Bonchev–Trinajstić information content (AvgIpc) is 2.84. The topological polar surface area (TPSA) is 123 Å². The van der Waals surface area contributed by atoms with E-state index in [2.05, 4.69) is 20.9 Å². The number of carbonyl (C=O) groups is 2. The number of hydrogen-bond donors (Lipinski definition) is 4. The molecule has 0 unspecified atom stereocenters. The van der Waals surface area contributed by atoms with Gasteiger partial charge in [-0.05, 0) is 35.4 Å². The summed E-state index contributed by atoms with van der Waals surface area (Å²) < 4.78 is 25.9. The van der Waals surface area contributed by atoms with Gasteiger partial charge in [0.1, 0.15) is 23.1 Å². The lowest BCUT2D eigenvalue weighted by molar-refractivity contribution is -0.115. The zero-order valence-corrected chi connectivity index (χ0v) is 19.7. The first-order valence-corrected chi connectivity index (χ1v) is 12.6. The van der Waals surface area contributed by atoms with Crippen molar-refractivity contribution in [1.82, 2.24) is 10.6 Å². The van der Waals surface area contributed by atoms with Crippen LogP contribution in [0.5, 0.6) is 0 Å². The number of hydrogen-bond acceptors (Lipinski definition) is 8. The molecule has 2 amide bonds. The van der Waals surface area contributed by atoms with Crippen molar-refractivity contribution in [1.29, 1.82) is 0 Å². The second kappa shape index (κ2) is 14.9. The summed E-state index contributed by atoms with van der Waals surface area (Å²) in [5.74, 6) is -0.655. The normalized spacial score (nSPS) is 11.8. The van der Waals surface area contributed by atoms with E-state index < -0.39 is 23.4 Å². The van der Waals surface area contributed by atoms with Crippen molar-refractivity contribution in [3.8, 4) is 0 Å². The van der Waals surface area contributed by atoms with Crippen molar-refractivity contribution in [2.45, 2.75) is 12.8 Å². The van der Waals surface area contributed by atoms with Gasteiger partial charge >= 0.3 is 0 Å². The molecule has 2 aromatic carbocycles. The number of carbonyl (C=O) groups excluding carboxylic acids is 2. The summed E-state index contributed by atoms with van der Waals surface area (Å²) in [6.07, 6.45) is 0.148. The maximum Gasteiger partial charge on any atom is 0.269 e. The zero-order valence-electron chi connectivity index (χ0n) is 18.0. The van der Waals surface area contributed by atoms with Gasteiger partial charge in [-0.1, -0.05) is 56.2 Å². The van der Waals surface area contributed by atoms with Crippen LogP contribution in [-0.2, 0) is 22.4 Å². The molecule has 0 spiro atoms. The average molecular weight is 511 g/mol. The highest BCUT2D eigenvalue weighted by Gasteiger charge is 2.14. The van der Waals surface area contributed by atoms with Gasteiger partial charge in [0.2, 0.25) is 0 Å². The van der Waals surface area contributed by atoms with Crippen LogP contribution in [0.25, 0.3) is 0 Å². The molecule has 0 fully saturated rings. The van der Waals surface area contributed by atoms with Crippen LogP contribution in [0.2, 0.25) is 0 Å². The van der Waals surface area contributed by atoms with Crippen LogP contribution in [0.3, 0.4) is 0 Å². The first kappa shape index (κ1) is 27.1. The molecule has 0 atom stereocenters. The highest BCUT2D eigenvalue weighted by Crippen LogP contribution is 2.19. The highest BCUT2D eigenvalue weighted by atomic mass is 33.1. The number of benzene rings is 2. The molecule has 0 radical (unpaired) electrons. The Morgan fingerprint density at radius 3 is 1.38 bits per heavy atom. The molecule has 0 heterocycles. The van der Waals surface area contributed by atoms with E-state index in [1.54, 1.807) is 0 Å². The van der Waals surface area contributed by atoms with Crippen molar-refractivity contribution in [2.75, 3.05) is 24.6 Å². The lowest BCUT2D eigenvalue weighted by atomic mass is 10.1. The van der Waals surface area contributed by atoms with E-state index in [1.165, 1.54) is 70.1 Å². The summed E-state index contributed by atoms with van der Waals surface area (Å²) >= 11 is 0. The molecule has 0 aliphatic rings. The Bertz CT molecular complexity index is 921. The second-order valence-electron chi connectivity index (χ2n) is 6.86. The van der Waals surface area contributed by atoms with E-state index in [1.807, 2.05) is 0 Å². The molecule has 0 saturated heterocycles. The van der Waals surface area contributed by atoms with Gasteiger partial charge in [0, 0.05) is 37.4 Å². The third-order valence-corrected chi connectivity index (χ3v) is 6.77. The Kier molecular flexibility index (Phi) is 11.9. The van der Waals surface area contributed by atoms with Gasteiger partial charge in [-0.2, -0.15) is 0 Å². The van der Waals surface area contributed by atoms with Crippen LogP contribution >= 0.6 is 21.6 Å². The molecule has 34 heavy (non-hydrogen) atoms. The summed E-state index contributed by atoms with van der Waals surface area (Å²) in [4.78, 5) is 24.2. The fraction of sp³-hybridized carbons (Fsp3) is 0.273. The maximum atomic E-state index is 13.0. The SMILES string of the molecule is O=C(NCCSSCCNC(=O)/C(Cc1ccc(F)cc1)=N/O)/C(Cc1ccc(F)cc1)=N/O. The van der Waals surface area contributed by atoms with E-state index in [0.29, 0.717) is 35.7 Å². The van der Waals surface area contributed by atoms with Crippen LogP contribution in [0.15, 0.2) is 58.8 Å². The zero-order chi connectivity index (χ0) is 24.8. The predicted molar refractivity (Wildman–Crippen MR) is 130 cm³/mol. The van der Waals surface area contributed by atoms with Gasteiger partial charge in [0.25, 0.3) is 11.8 Å². The first-order chi connectivity index (χ1) is 16.4. The molecule has 12 heteroatoms. The molecule has 0 aromatic heterocycles. The molecule has 0 saturated carbocycles.